The summed E-state index contributed by atoms with van der Waals surface area (Å²) in [5.41, 5.74) is 0.662. The normalized spacial score (nSPS) is 20.3. The highest BCUT2D eigenvalue weighted by molar-refractivity contribution is 5.97. The summed E-state index contributed by atoms with van der Waals surface area (Å²) in [5.74, 6) is -0.724. The van der Waals surface area contributed by atoms with Crippen LogP contribution in [-0.4, -0.2) is 47.3 Å². The number of carbonyl (C=O) groups excluding carboxylic acids is 2. The van der Waals surface area contributed by atoms with Crippen LogP contribution in [0.2, 0.25) is 0 Å². The molecular weight excluding hydrogens is 315 g/mol. The Balaban J connectivity index is 2.08. The number of nitrogens with zero attached hydrogens (tertiary/aromatic N) is 1. The molecule has 1 heterocycles. The smallest absolute Gasteiger partial charge is 0.410 e. The van der Waals surface area contributed by atoms with Gasteiger partial charge in [-0.15, -0.1) is 0 Å². The van der Waals surface area contributed by atoms with E-state index in [9.17, 15) is 19.1 Å². The third-order valence-corrected chi connectivity index (χ3v) is 3.88. The van der Waals surface area contributed by atoms with Gasteiger partial charge in [0.2, 0.25) is 5.91 Å². The molecule has 0 spiro atoms. The monoisotopic (exact) mass is 338 g/mol. The second-order valence-electron chi connectivity index (χ2n) is 6.43. The number of hydrogen-bond donors (Lipinski definition) is 2. The number of benzene rings is 1. The van der Waals surface area contributed by atoms with Gasteiger partial charge in [0.25, 0.3) is 0 Å². The number of aliphatic hydroxyl groups excluding tert-OH is 1. The fraction of sp³-hybridized carbons (Fsp3) is 0.529. The SMILES string of the molecule is Cc1c(F)cccc1NC(=O)[C@@H]1C[C@H](O)CN1C(=O)OCC(C)C. The Morgan fingerprint density at radius 2 is 2.17 bits per heavy atom. The Kier molecular flexibility index (Phi) is 5.77. The lowest BCUT2D eigenvalue weighted by Crippen LogP contribution is -2.43. The number of hydrogen-bond acceptors (Lipinski definition) is 4. The predicted molar refractivity (Wildman–Crippen MR) is 87.1 cm³/mol. The van der Waals surface area contributed by atoms with Crippen LogP contribution in [0.4, 0.5) is 14.9 Å². The van der Waals surface area contributed by atoms with Gasteiger partial charge in [-0.3, -0.25) is 9.69 Å². The highest BCUT2D eigenvalue weighted by atomic mass is 19.1. The molecule has 1 aromatic rings. The van der Waals surface area contributed by atoms with Gasteiger partial charge in [0.1, 0.15) is 11.9 Å². The summed E-state index contributed by atoms with van der Waals surface area (Å²) in [6.07, 6.45) is -1.30. The highest BCUT2D eigenvalue weighted by Gasteiger charge is 2.40. The Bertz CT molecular complexity index is 621. The van der Waals surface area contributed by atoms with E-state index >= 15 is 0 Å². The Hall–Kier alpha value is -2.15. The molecule has 6 nitrogen and oxygen atoms in total. The molecule has 0 unspecified atom stereocenters. The summed E-state index contributed by atoms with van der Waals surface area (Å²) in [7, 11) is 0. The standard InChI is InChI=1S/C17H23FN2O4/c1-10(2)9-24-17(23)20-8-12(21)7-15(20)16(22)19-14-6-4-5-13(18)11(14)3/h4-6,10,12,15,21H,7-9H2,1-3H3,(H,19,22)/t12-,15-/m0/s1. The minimum absolute atomic E-state index is 0.0388. The van der Waals surface area contributed by atoms with Crippen LogP contribution in [0.15, 0.2) is 18.2 Å². The van der Waals surface area contributed by atoms with Crippen LogP contribution in [0.3, 0.4) is 0 Å². The quantitative estimate of drug-likeness (QED) is 0.883. The van der Waals surface area contributed by atoms with Gasteiger partial charge in [-0.2, -0.15) is 0 Å². The van der Waals surface area contributed by atoms with E-state index in [1.807, 2.05) is 13.8 Å². The maximum atomic E-state index is 13.6. The molecule has 0 aliphatic carbocycles. The summed E-state index contributed by atoms with van der Waals surface area (Å²) in [6.45, 7) is 5.65. The van der Waals surface area contributed by atoms with Gasteiger partial charge in [-0.1, -0.05) is 19.9 Å². The first-order chi connectivity index (χ1) is 11.3. The molecule has 2 N–H and O–H groups in total. The van der Waals surface area contributed by atoms with Gasteiger partial charge < -0.3 is 15.2 Å². The number of likely N-dealkylation sites (tertiary alicyclic amines) is 1. The molecule has 1 fully saturated rings. The number of ether oxygens (including phenoxy) is 1. The van der Waals surface area contributed by atoms with Crippen molar-refractivity contribution in [2.24, 2.45) is 5.92 Å². The van der Waals surface area contributed by atoms with Crippen LogP contribution < -0.4 is 5.32 Å². The van der Waals surface area contributed by atoms with E-state index in [0.29, 0.717) is 11.3 Å². The molecule has 132 valence electrons. The molecule has 0 radical (unpaired) electrons. The molecule has 1 aliphatic rings. The van der Waals surface area contributed by atoms with E-state index in [1.54, 1.807) is 13.0 Å². The fourth-order valence-electron chi connectivity index (χ4n) is 2.54. The van der Waals surface area contributed by atoms with Crippen molar-refractivity contribution in [1.29, 1.82) is 0 Å². The van der Waals surface area contributed by atoms with Gasteiger partial charge in [0.15, 0.2) is 0 Å². The summed E-state index contributed by atoms with van der Waals surface area (Å²) in [6, 6.07) is 3.54. The van der Waals surface area contributed by atoms with Crippen molar-refractivity contribution in [1.82, 2.24) is 4.90 Å². The molecule has 24 heavy (non-hydrogen) atoms. The lowest BCUT2D eigenvalue weighted by atomic mass is 10.1. The molecule has 1 saturated heterocycles. The molecule has 2 atom stereocenters. The second-order valence-corrected chi connectivity index (χ2v) is 6.43. The Labute approximate surface area is 140 Å². The van der Waals surface area contributed by atoms with Crippen molar-refractivity contribution in [2.45, 2.75) is 39.3 Å². The number of carbonyl (C=O) groups is 2. The number of aliphatic hydroxyl groups is 1. The topological polar surface area (TPSA) is 78.9 Å². The van der Waals surface area contributed by atoms with Gasteiger partial charge in [0, 0.05) is 17.7 Å². The average Bonchev–Trinajstić information content (AvgIpc) is 2.91. The third-order valence-electron chi connectivity index (χ3n) is 3.88. The van der Waals surface area contributed by atoms with Crippen LogP contribution in [0.1, 0.15) is 25.8 Å². The van der Waals surface area contributed by atoms with Crippen molar-refractivity contribution in [3.05, 3.63) is 29.6 Å². The van der Waals surface area contributed by atoms with Crippen molar-refractivity contribution < 1.29 is 23.8 Å². The van der Waals surface area contributed by atoms with Gasteiger partial charge in [-0.05, 0) is 25.0 Å². The summed E-state index contributed by atoms with van der Waals surface area (Å²) < 4.78 is 18.7. The van der Waals surface area contributed by atoms with Crippen LogP contribution >= 0.6 is 0 Å². The summed E-state index contributed by atoms with van der Waals surface area (Å²) in [5, 5.41) is 12.4. The molecule has 7 heteroatoms. The van der Waals surface area contributed by atoms with Gasteiger partial charge >= 0.3 is 6.09 Å². The number of nitrogens with one attached hydrogen (secondary N) is 1. The van der Waals surface area contributed by atoms with E-state index in [4.69, 9.17) is 4.74 Å². The molecular formula is C17H23FN2O4. The first-order valence-electron chi connectivity index (χ1n) is 7.97. The number of amides is 2. The number of halogens is 1. The third kappa shape index (κ3) is 4.23. The first-order valence-corrected chi connectivity index (χ1v) is 7.97. The van der Waals surface area contributed by atoms with Crippen molar-refractivity contribution in [2.75, 3.05) is 18.5 Å². The zero-order valence-electron chi connectivity index (χ0n) is 14.1. The van der Waals surface area contributed by atoms with Crippen molar-refractivity contribution >= 4 is 17.7 Å². The second kappa shape index (κ2) is 7.61. The van der Waals surface area contributed by atoms with Crippen LogP contribution in [-0.2, 0) is 9.53 Å². The lowest BCUT2D eigenvalue weighted by molar-refractivity contribution is -0.120. The van der Waals surface area contributed by atoms with Crippen LogP contribution in [0.5, 0.6) is 0 Å². The maximum absolute atomic E-state index is 13.6. The van der Waals surface area contributed by atoms with Crippen molar-refractivity contribution in [3.63, 3.8) is 0 Å². The molecule has 1 aromatic carbocycles. The minimum atomic E-state index is -0.845. The Morgan fingerprint density at radius 3 is 2.83 bits per heavy atom. The molecule has 1 aliphatic heterocycles. The first kappa shape index (κ1) is 18.2. The molecule has 0 aromatic heterocycles. The minimum Gasteiger partial charge on any atom is -0.449 e. The largest absolute Gasteiger partial charge is 0.449 e. The average molecular weight is 338 g/mol. The molecule has 0 saturated carbocycles. The maximum Gasteiger partial charge on any atom is 0.410 e. The fourth-order valence-corrected chi connectivity index (χ4v) is 2.54. The molecule has 2 amide bonds. The van der Waals surface area contributed by atoms with E-state index in [2.05, 4.69) is 5.32 Å². The van der Waals surface area contributed by atoms with Gasteiger partial charge in [-0.25, -0.2) is 9.18 Å². The number of rotatable bonds is 4. The van der Waals surface area contributed by atoms with Crippen LogP contribution in [0.25, 0.3) is 0 Å². The van der Waals surface area contributed by atoms with Gasteiger partial charge in [0.05, 0.1) is 19.3 Å². The molecule has 2 rings (SSSR count). The van der Waals surface area contributed by atoms with E-state index in [1.165, 1.54) is 17.0 Å². The van der Waals surface area contributed by atoms with E-state index in [-0.39, 0.29) is 25.5 Å². The summed E-state index contributed by atoms with van der Waals surface area (Å²) in [4.78, 5) is 25.8. The number of anilines is 1. The molecule has 0 bridgehead atoms. The van der Waals surface area contributed by atoms with Crippen molar-refractivity contribution in [3.8, 4) is 0 Å². The van der Waals surface area contributed by atoms with E-state index < -0.39 is 30.0 Å². The van der Waals surface area contributed by atoms with E-state index in [0.717, 1.165) is 0 Å². The zero-order valence-corrected chi connectivity index (χ0v) is 14.1. The lowest BCUT2D eigenvalue weighted by Gasteiger charge is -2.23. The summed E-state index contributed by atoms with van der Waals surface area (Å²) >= 11 is 0. The predicted octanol–water partition coefficient (Wildman–Crippen LogP) is 2.30. The number of β-amino-alcohol motifs (C(OH)–C–C–N with tert-alkyl or cyclic N) is 1. The van der Waals surface area contributed by atoms with Crippen LogP contribution in [0, 0.1) is 18.7 Å². The highest BCUT2D eigenvalue weighted by Crippen LogP contribution is 2.23. The Morgan fingerprint density at radius 1 is 1.46 bits per heavy atom. The zero-order chi connectivity index (χ0) is 17.9.